The maximum atomic E-state index is 16.8. The lowest BCUT2D eigenvalue weighted by Gasteiger charge is -2.61. The zero-order valence-electron chi connectivity index (χ0n) is 31.4. The lowest BCUT2D eigenvalue weighted by Crippen LogP contribution is -2.73. The lowest BCUT2D eigenvalue weighted by atomic mass is 9.67. The number of hydrogen-bond donors (Lipinski definition) is 2. The number of carbonyl (C=O) groups excluding carboxylic acids is 3. The van der Waals surface area contributed by atoms with E-state index in [9.17, 15) is 14.4 Å². The molecule has 2 amide bonds. The Bertz CT molecular complexity index is 1390. The molecule has 3 saturated carbocycles. The van der Waals surface area contributed by atoms with E-state index in [1.54, 1.807) is 0 Å². The second-order valence-corrected chi connectivity index (χ2v) is 17.6. The molecule has 8 fully saturated rings. The number of piperidine rings is 1. The molecule has 0 aromatic heterocycles. The number of carbonyl (C=O) groups is 3. The van der Waals surface area contributed by atoms with E-state index >= 15 is 4.39 Å². The SMILES string of the molecule is O=C(CCN1CCCCC1)N[C@@H]1CCN(C2C(F)CC3C(=O)C(C(=O)NCCN4CCOCC4)=CN4C5CC6OC7CCCCC7C6CC5OC2C34)C1. The Balaban J connectivity index is 0.927. The number of amides is 2. The first-order valence-corrected chi connectivity index (χ1v) is 21.2. The largest absolute Gasteiger partial charge is 0.379 e. The van der Waals surface area contributed by atoms with Crippen LogP contribution in [0.25, 0.3) is 0 Å². The summed E-state index contributed by atoms with van der Waals surface area (Å²) in [5, 5.41) is 6.28. The van der Waals surface area contributed by atoms with Crippen molar-refractivity contribution in [2.24, 2.45) is 17.8 Å². The molecule has 5 saturated heterocycles. The minimum Gasteiger partial charge on any atom is -0.379 e. The van der Waals surface area contributed by atoms with Crippen LogP contribution in [0, 0.1) is 17.8 Å². The quantitative estimate of drug-likeness (QED) is 0.340. The normalized spacial score (nSPS) is 41.9. The Morgan fingerprint density at radius 3 is 2.47 bits per heavy atom. The molecule has 6 heterocycles. The van der Waals surface area contributed by atoms with Gasteiger partial charge in [-0.05, 0) is 76.3 Å². The average molecular weight is 741 g/mol. The highest BCUT2D eigenvalue weighted by Gasteiger charge is 2.62. The van der Waals surface area contributed by atoms with Crippen LogP contribution < -0.4 is 10.6 Å². The lowest BCUT2D eigenvalue weighted by molar-refractivity contribution is -0.220. The molecule has 12 atom stereocenters. The zero-order valence-corrected chi connectivity index (χ0v) is 31.4. The summed E-state index contributed by atoms with van der Waals surface area (Å²) >= 11 is 0. The summed E-state index contributed by atoms with van der Waals surface area (Å²) in [7, 11) is 0. The Kier molecular flexibility index (Phi) is 10.9. The summed E-state index contributed by atoms with van der Waals surface area (Å²) in [4.78, 5) is 50.1. The summed E-state index contributed by atoms with van der Waals surface area (Å²) in [6.45, 7) is 8.34. The van der Waals surface area contributed by atoms with Gasteiger partial charge in [-0.25, -0.2) is 4.39 Å². The van der Waals surface area contributed by atoms with Crippen molar-refractivity contribution in [1.82, 2.24) is 30.2 Å². The summed E-state index contributed by atoms with van der Waals surface area (Å²) in [5.74, 6) is -0.249. The Hall–Kier alpha value is -2.16. The first-order chi connectivity index (χ1) is 25.9. The Morgan fingerprint density at radius 2 is 1.62 bits per heavy atom. The van der Waals surface area contributed by atoms with Gasteiger partial charge >= 0.3 is 0 Å². The van der Waals surface area contributed by atoms with E-state index in [2.05, 4.69) is 30.2 Å². The van der Waals surface area contributed by atoms with E-state index in [-0.39, 0.29) is 59.9 Å². The molecule has 0 aromatic rings. The predicted molar refractivity (Wildman–Crippen MR) is 195 cm³/mol. The third kappa shape index (κ3) is 7.32. The van der Waals surface area contributed by atoms with Crippen molar-refractivity contribution in [1.29, 1.82) is 0 Å². The summed E-state index contributed by atoms with van der Waals surface area (Å²) < 4.78 is 36.2. The van der Waals surface area contributed by atoms with Crippen LogP contribution in [0.1, 0.15) is 77.0 Å². The van der Waals surface area contributed by atoms with Crippen LogP contribution in [-0.2, 0) is 28.6 Å². The number of halogens is 1. The van der Waals surface area contributed by atoms with Gasteiger partial charge in [0, 0.05) is 70.4 Å². The zero-order chi connectivity index (χ0) is 36.1. The topological polar surface area (TPSA) is 116 Å². The van der Waals surface area contributed by atoms with Crippen LogP contribution in [0.3, 0.4) is 0 Å². The van der Waals surface area contributed by atoms with Gasteiger partial charge in [-0.15, -0.1) is 0 Å². The van der Waals surface area contributed by atoms with Crippen molar-refractivity contribution in [3.05, 3.63) is 11.8 Å². The first kappa shape index (κ1) is 36.5. The van der Waals surface area contributed by atoms with Crippen molar-refractivity contribution in [3.63, 3.8) is 0 Å². The number of rotatable bonds is 9. The number of morpholine rings is 2. The molecule has 0 spiro atoms. The number of Topliss-reactive ketones (excluding diaryl/α,β-unsaturated/α-hetero) is 1. The van der Waals surface area contributed by atoms with Crippen LogP contribution >= 0.6 is 0 Å². The second kappa shape index (κ2) is 15.8. The molecule has 294 valence electrons. The minimum absolute atomic E-state index is 0.0313. The summed E-state index contributed by atoms with van der Waals surface area (Å²) in [6, 6.07) is -0.924. The molecule has 12 nitrogen and oxygen atoms in total. The smallest absolute Gasteiger partial charge is 0.256 e. The molecule has 11 unspecified atom stereocenters. The molecular weight excluding hydrogens is 679 g/mol. The average Bonchev–Trinajstić information content (AvgIpc) is 3.78. The van der Waals surface area contributed by atoms with Crippen molar-refractivity contribution in [3.8, 4) is 0 Å². The van der Waals surface area contributed by atoms with Crippen molar-refractivity contribution >= 4 is 17.6 Å². The van der Waals surface area contributed by atoms with Gasteiger partial charge in [-0.3, -0.25) is 24.2 Å². The number of alkyl halides is 1. The van der Waals surface area contributed by atoms with Crippen LogP contribution in [0.2, 0.25) is 0 Å². The maximum Gasteiger partial charge on any atom is 0.256 e. The Morgan fingerprint density at radius 1 is 0.811 bits per heavy atom. The first-order valence-electron chi connectivity index (χ1n) is 21.2. The van der Waals surface area contributed by atoms with E-state index < -0.39 is 24.2 Å². The third-order valence-corrected chi connectivity index (χ3v) is 14.6. The molecule has 53 heavy (non-hydrogen) atoms. The highest BCUT2D eigenvalue weighted by molar-refractivity contribution is 6.20. The van der Waals surface area contributed by atoms with Crippen LogP contribution in [0.4, 0.5) is 4.39 Å². The molecule has 9 rings (SSSR count). The molecule has 9 aliphatic rings. The van der Waals surface area contributed by atoms with Gasteiger partial charge in [-0.1, -0.05) is 19.3 Å². The van der Waals surface area contributed by atoms with Gasteiger partial charge in [0.15, 0.2) is 5.78 Å². The fourth-order valence-corrected chi connectivity index (χ4v) is 12.0. The van der Waals surface area contributed by atoms with Gasteiger partial charge in [0.1, 0.15) is 6.17 Å². The Labute approximate surface area is 313 Å². The number of hydrogen-bond acceptors (Lipinski definition) is 10. The van der Waals surface area contributed by atoms with Gasteiger partial charge in [0.25, 0.3) is 5.91 Å². The second-order valence-electron chi connectivity index (χ2n) is 17.6. The molecule has 13 heteroatoms. The number of likely N-dealkylation sites (tertiary alicyclic amines) is 2. The molecule has 0 aromatic carbocycles. The molecule has 0 radical (unpaired) electrons. The highest BCUT2D eigenvalue weighted by Crippen LogP contribution is 2.53. The fraction of sp³-hybridized carbons (Fsp3) is 0.875. The van der Waals surface area contributed by atoms with E-state index in [4.69, 9.17) is 14.2 Å². The molecule has 2 N–H and O–H groups in total. The molecule has 0 bridgehead atoms. The summed E-state index contributed by atoms with van der Waals surface area (Å²) in [6.07, 6.45) is 11.8. The standard InChI is InChI=1S/C40H61FN6O6/c41-30-20-28-36-39(37(30)46-14-8-25(23-46)43-35(48)9-13-44-11-4-1-5-12-44)53-34-21-27-26-6-2-3-7-32(26)52-33(27)22-31(34)47(36)24-29(38(28)49)40(50)42-10-15-45-16-18-51-19-17-45/h24-28,30-34,36-37,39H,1-23H2,(H,42,50)(H,43,48)/t25-,26?,27?,28?,30?,31?,32?,33?,34?,36?,37?,39?/m1/s1. The van der Waals surface area contributed by atoms with Crippen LogP contribution in [-0.4, -0.2) is 164 Å². The monoisotopic (exact) mass is 740 g/mol. The highest BCUT2D eigenvalue weighted by atomic mass is 19.1. The molecular formula is C40H61FN6O6. The van der Waals surface area contributed by atoms with E-state index in [0.717, 1.165) is 58.4 Å². The number of nitrogens with one attached hydrogen (secondary N) is 2. The van der Waals surface area contributed by atoms with E-state index in [1.807, 2.05) is 6.20 Å². The fourth-order valence-electron chi connectivity index (χ4n) is 12.0. The van der Waals surface area contributed by atoms with Crippen molar-refractivity contribution < 1.29 is 33.0 Å². The number of fused-ring (bicyclic) bond motifs is 5. The number of ketones is 1. The van der Waals surface area contributed by atoms with Crippen LogP contribution in [0.5, 0.6) is 0 Å². The number of ether oxygens (including phenoxy) is 3. The van der Waals surface area contributed by atoms with Gasteiger partial charge in [0.05, 0.1) is 61.3 Å². The number of nitrogens with zero attached hydrogens (tertiary/aromatic N) is 4. The minimum atomic E-state index is -1.28. The van der Waals surface area contributed by atoms with Crippen LogP contribution in [0.15, 0.2) is 11.8 Å². The van der Waals surface area contributed by atoms with E-state index in [0.29, 0.717) is 63.8 Å². The van der Waals surface area contributed by atoms with Crippen molar-refractivity contribution in [2.75, 3.05) is 72.1 Å². The van der Waals surface area contributed by atoms with Gasteiger partial charge in [-0.2, -0.15) is 0 Å². The molecule has 6 aliphatic heterocycles. The third-order valence-electron chi connectivity index (χ3n) is 14.6. The van der Waals surface area contributed by atoms with E-state index in [1.165, 1.54) is 38.5 Å². The maximum absolute atomic E-state index is 16.8. The van der Waals surface area contributed by atoms with Gasteiger partial charge in [0.2, 0.25) is 5.91 Å². The molecule has 3 aliphatic carbocycles. The predicted octanol–water partition coefficient (Wildman–Crippen LogP) is 1.87. The van der Waals surface area contributed by atoms with Gasteiger partial charge < -0.3 is 34.6 Å². The summed E-state index contributed by atoms with van der Waals surface area (Å²) in [5.41, 5.74) is 0.148. The van der Waals surface area contributed by atoms with Crippen molar-refractivity contribution in [2.45, 2.75) is 132 Å².